The third-order valence-corrected chi connectivity index (χ3v) is 5.37. The van der Waals surface area contributed by atoms with E-state index in [4.69, 9.17) is 0 Å². The summed E-state index contributed by atoms with van der Waals surface area (Å²) in [7, 11) is 0. The smallest absolute Gasteiger partial charge is 0.317 e. The molecule has 0 aromatic heterocycles. The Morgan fingerprint density at radius 2 is 1.71 bits per heavy atom. The molecule has 132 valence electrons. The van der Waals surface area contributed by atoms with Crippen molar-refractivity contribution < 1.29 is 4.79 Å². The van der Waals surface area contributed by atoms with Crippen molar-refractivity contribution in [1.82, 2.24) is 15.1 Å². The molecule has 0 unspecified atom stereocenters. The van der Waals surface area contributed by atoms with Gasteiger partial charge >= 0.3 is 6.03 Å². The van der Waals surface area contributed by atoms with E-state index in [0.29, 0.717) is 6.04 Å². The lowest BCUT2D eigenvalue weighted by atomic mass is 9.96. The second-order valence-corrected chi connectivity index (χ2v) is 7.20. The molecule has 1 saturated carbocycles. The molecular weight excluding hydrogens is 298 g/mol. The Balaban J connectivity index is 1.32. The highest BCUT2D eigenvalue weighted by Gasteiger charge is 2.23. The molecule has 1 aliphatic carbocycles. The maximum absolute atomic E-state index is 12.4. The van der Waals surface area contributed by atoms with E-state index >= 15 is 0 Å². The van der Waals surface area contributed by atoms with Gasteiger partial charge in [0.15, 0.2) is 0 Å². The summed E-state index contributed by atoms with van der Waals surface area (Å²) in [6, 6.07) is 11.3. The van der Waals surface area contributed by atoms with E-state index < -0.39 is 0 Å². The highest BCUT2D eigenvalue weighted by atomic mass is 16.2. The van der Waals surface area contributed by atoms with Gasteiger partial charge in [0.2, 0.25) is 0 Å². The van der Waals surface area contributed by atoms with Crippen molar-refractivity contribution in [3.8, 4) is 0 Å². The van der Waals surface area contributed by atoms with Gasteiger partial charge in [-0.05, 0) is 37.8 Å². The minimum Gasteiger partial charge on any atom is -0.335 e. The first-order chi connectivity index (χ1) is 11.8. The molecule has 1 saturated heterocycles. The van der Waals surface area contributed by atoms with Crippen LogP contribution in [-0.2, 0) is 6.42 Å². The first-order valence-electron chi connectivity index (χ1n) is 9.63. The molecule has 4 nitrogen and oxygen atoms in total. The second kappa shape index (κ2) is 9.07. The largest absolute Gasteiger partial charge is 0.335 e. The van der Waals surface area contributed by atoms with Crippen molar-refractivity contribution in [2.24, 2.45) is 0 Å². The molecule has 1 N–H and O–H groups in total. The van der Waals surface area contributed by atoms with Crippen LogP contribution in [0.4, 0.5) is 4.79 Å². The van der Waals surface area contributed by atoms with Gasteiger partial charge in [-0.25, -0.2) is 4.79 Å². The van der Waals surface area contributed by atoms with Gasteiger partial charge < -0.3 is 10.2 Å². The number of carbonyl (C=O) groups is 1. The van der Waals surface area contributed by atoms with Crippen molar-refractivity contribution in [2.75, 3.05) is 32.7 Å². The average molecular weight is 329 g/mol. The summed E-state index contributed by atoms with van der Waals surface area (Å²) in [5.74, 6) is 0. The zero-order chi connectivity index (χ0) is 16.6. The standard InChI is InChI=1S/C20H31N3O/c24-20(21-19-11-5-2-6-12-19)23-16-14-22(15-17-23)13-7-10-18-8-3-1-4-9-18/h1,3-4,8-9,19H,2,5-7,10-17H2,(H,21,24). The summed E-state index contributed by atoms with van der Waals surface area (Å²) >= 11 is 0. The molecule has 1 aromatic carbocycles. The number of rotatable bonds is 5. The van der Waals surface area contributed by atoms with E-state index in [-0.39, 0.29) is 6.03 Å². The third kappa shape index (κ3) is 5.23. The van der Waals surface area contributed by atoms with Crippen molar-refractivity contribution in [1.29, 1.82) is 0 Å². The quantitative estimate of drug-likeness (QED) is 0.900. The first-order valence-corrected chi connectivity index (χ1v) is 9.63. The van der Waals surface area contributed by atoms with Gasteiger partial charge in [0.05, 0.1) is 0 Å². The van der Waals surface area contributed by atoms with Gasteiger partial charge in [0.25, 0.3) is 0 Å². The number of hydrogen-bond donors (Lipinski definition) is 1. The highest BCUT2D eigenvalue weighted by molar-refractivity contribution is 5.74. The van der Waals surface area contributed by atoms with Crippen LogP contribution in [0.1, 0.15) is 44.1 Å². The Kier molecular flexibility index (Phi) is 6.53. The predicted molar refractivity (Wildman–Crippen MR) is 98.2 cm³/mol. The number of benzene rings is 1. The van der Waals surface area contributed by atoms with E-state index in [1.165, 1.54) is 31.2 Å². The summed E-state index contributed by atoms with van der Waals surface area (Å²) in [6.07, 6.45) is 8.51. The number of carbonyl (C=O) groups excluding carboxylic acids is 1. The number of hydrogen-bond acceptors (Lipinski definition) is 2. The van der Waals surface area contributed by atoms with Gasteiger partial charge in [-0.3, -0.25) is 4.90 Å². The van der Waals surface area contributed by atoms with Crippen LogP contribution in [0, 0.1) is 0 Å². The molecule has 4 heteroatoms. The van der Waals surface area contributed by atoms with E-state index in [9.17, 15) is 4.79 Å². The van der Waals surface area contributed by atoms with Crippen LogP contribution < -0.4 is 5.32 Å². The Labute approximate surface area is 146 Å². The normalized spacial score (nSPS) is 20.1. The number of urea groups is 1. The molecule has 1 aliphatic heterocycles. The zero-order valence-corrected chi connectivity index (χ0v) is 14.8. The zero-order valence-electron chi connectivity index (χ0n) is 14.8. The van der Waals surface area contributed by atoms with Gasteiger partial charge in [0.1, 0.15) is 0 Å². The molecule has 0 spiro atoms. The SMILES string of the molecule is O=C(NC1CCCCC1)N1CCN(CCCc2ccccc2)CC1. The minimum absolute atomic E-state index is 0.158. The Morgan fingerprint density at radius 1 is 1.00 bits per heavy atom. The fourth-order valence-corrected chi connectivity index (χ4v) is 3.84. The Bertz CT molecular complexity index is 491. The second-order valence-electron chi connectivity index (χ2n) is 7.20. The van der Waals surface area contributed by atoms with E-state index in [1.807, 2.05) is 4.90 Å². The molecule has 24 heavy (non-hydrogen) atoms. The molecule has 0 atom stereocenters. The molecule has 1 heterocycles. The van der Waals surface area contributed by atoms with Crippen molar-refractivity contribution in [3.63, 3.8) is 0 Å². The fraction of sp³-hybridized carbons (Fsp3) is 0.650. The van der Waals surface area contributed by atoms with Gasteiger partial charge in [0, 0.05) is 32.2 Å². The van der Waals surface area contributed by atoms with Gasteiger partial charge in [-0.2, -0.15) is 0 Å². The van der Waals surface area contributed by atoms with Crippen LogP contribution in [0.15, 0.2) is 30.3 Å². The van der Waals surface area contributed by atoms with Crippen LogP contribution in [-0.4, -0.2) is 54.6 Å². The maximum Gasteiger partial charge on any atom is 0.317 e. The number of piperazine rings is 1. The average Bonchev–Trinajstić information content (AvgIpc) is 2.64. The molecule has 0 bridgehead atoms. The van der Waals surface area contributed by atoms with Crippen LogP contribution >= 0.6 is 0 Å². The molecule has 3 rings (SSSR count). The number of nitrogens with zero attached hydrogens (tertiary/aromatic N) is 2. The Hall–Kier alpha value is -1.55. The van der Waals surface area contributed by atoms with E-state index in [2.05, 4.69) is 40.5 Å². The summed E-state index contributed by atoms with van der Waals surface area (Å²) in [6.45, 7) is 4.88. The summed E-state index contributed by atoms with van der Waals surface area (Å²) in [5, 5.41) is 3.24. The van der Waals surface area contributed by atoms with Gasteiger partial charge in [-0.1, -0.05) is 49.6 Å². The van der Waals surface area contributed by atoms with E-state index in [1.54, 1.807) is 0 Å². The van der Waals surface area contributed by atoms with Crippen molar-refractivity contribution in [3.05, 3.63) is 35.9 Å². The Morgan fingerprint density at radius 3 is 2.42 bits per heavy atom. The predicted octanol–water partition coefficient (Wildman–Crippen LogP) is 3.28. The number of aryl methyl sites for hydroxylation is 1. The van der Waals surface area contributed by atoms with Crippen molar-refractivity contribution >= 4 is 6.03 Å². The molecule has 2 amide bonds. The fourth-order valence-electron chi connectivity index (χ4n) is 3.84. The molecule has 1 aromatic rings. The van der Waals surface area contributed by atoms with Crippen LogP contribution in [0.3, 0.4) is 0 Å². The van der Waals surface area contributed by atoms with Crippen molar-refractivity contribution in [2.45, 2.75) is 51.0 Å². The highest BCUT2D eigenvalue weighted by Crippen LogP contribution is 2.17. The first kappa shape index (κ1) is 17.3. The molecule has 2 fully saturated rings. The summed E-state index contributed by atoms with van der Waals surface area (Å²) in [5.41, 5.74) is 1.42. The van der Waals surface area contributed by atoms with E-state index in [0.717, 1.165) is 52.0 Å². The van der Waals surface area contributed by atoms with Crippen LogP contribution in [0.2, 0.25) is 0 Å². The van der Waals surface area contributed by atoms with Gasteiger partial charge in [-0.15, -0.1) is 0 Å². The third-order valence-electron chi connectivity index (χ3n) is 5.37. The summed E-state index contributed by atoms with van der Waals surface area (Å²) in [4.78, 5) is 16.9. The number of amides is 2. The maximum atomic E-state index is 12.4. The lowest BCUT2D eigenvalue weighted by Gasteiger charge is -2.36. The molecule has 2 aliphatic rings. The lowest BCUT2D eigenvalue weighted by Crippen LogP contribution is -2.53. The lowest BCUT2D eigenvalue weighted by molar-refractivity contribution is 0.135. The minimum atomic E-state index is 0.158. The molecular formula is C20H31N3O. The molecule has 0 radical (unpaired) electrons. The van der Waals surface area contributed by atoms with Crippen LogP contribution in [0.25, 0.3) is 0 Å². The van der Waals surface area contributed by atoms with Crippen LogP contribution in [0.5, 0.6) is 0 Å². The topological polar surface area (TPSA) is 35.6 Å². The summed E-state index contributed by atoms with van der Waals surface area (Å²) < 4.78 is 0. The monoisotopic (exact) mass is 329 g/mol. The number of nitrogens with one attached hydrogen (secondary N) is 1.